The maximum atomic E-state index is 12.3. The highest BCUT2D eigenvalue weighted by Crippen LogP contribution is 2.24. The van der Waals surface area contributed by atoms with Gasteiger partial charge in [0.2, 0.25) is 5.91 Å². The standard InChI is InChI=1S/C16H28F3N3O2/c17-16(18,19)11-22-7-2-12(3-8-22)1-6-21-15(23)14(20)13-4-9-24-10-5-13/h12-14H,1-11,20H2,(H,21,23). The van der Waals surface area contributed by atoms with E-state index in [-0.39, 0.29) is 11.8 Å². The van der Waals surface area contributed by atoms with E-state index >= 15 is 0 Å². The van der Waals surface area contributed by atoms with E-state index in [1.165, 1.54) is 4.90 Å². The number of hydrogen-bond acceptors (Lipinski definition) is 4. The molecule has 0 bridgehead atoms. The maximum Gasteiger partial charge on any atom is 0.401 e. The van der Waals surface area contributed by atoms with Crippen molar-refractivity contribution in [3.63, 3.8) is 0 Å². The van der Waals surface area contributed by atoms with E-state index in [4.69, 9.17) is 10.5 Å². The van der Waals surface area contributed by atoms with Gasteiger partial charge in [-0.2, -0.15) is 13.2 Å². The van der Waals surface area contributed by atoms with Crippen molar-refractivity contribution < 1.29 is 22.7 Å². The lowest BCUT2D eigenvalue weighted by molar-refractivity contribution is -0.148. The number of piperidine rings is 1. The molecule has 2 fully saturated rings. The van der Waals surface area contributed by atoms with Crippen LogP contribution in [0.25, 0.3) is 0 Å². The Kier molecular flexibility index (Phi) is 7.31. The van der Waals surface area contributed by atoms with E-state index in [2.05, 4.69) is 5.32 Å². The number of alkyl halides is 3. The predicted octanol–water partition coefficient (Wildman–Crippen LogP) is 1.52. The second kappa shape index (κ2) is 9.01. The Morgan fingerprint density at radius 1 is 1.21 bits per heavy atom. The first kappa shape index (κ1) is 19.5. The van der Waals surface area contributed by atoms with Crippen LogP contribution in [0, 0.1) is 11.8 Å². The van der Waals surface area contributed by atoms with Gasteiger partial charge in [0, 0.05) is 19.8 Å². The van der Waals surface area contributed by atoms with Gasteiger partial charge in [0.15, 0.2) is 0 Å². The van der Waals surface area contributed by atoms with Gasteiger partial charge >= 0.3 is 6.18 Å². The lowest BCUT2D eigenvalue weighted by atomic mass is 9.91. The summed E-state index contributed by atoms with van der Waals surface area (Å²) >= 11 is 0. The molecule has 3 N–H and O–H groups in total. The molecule has 0 radical (unpaired) electrons. The zero-order chi connectivity index (χ0) is 17.6. The van der Waals surface area contributed by atoms with E-state index in [1.807, 2.05) is 0 Å². The number of amides is 1. The Balaban J connectivity index is 1.60. The highest BCUT2D eigenvalue weighted by atomic mass is 19.4. The van der Waals surface area contributed by atoms with Crippen LogP contribution in [0.5, 0.6) is 0 Å². The molecule has 8 heteroatoms. The van der Waals surface area contributed by atoms with Crippen molar-refractivity contribution in [1.29, 1.82) is 0 Å². The summed E-state index contributed by atoms with van der Waals surface area (Å²) < 4.78 is 42.3. The van der Waals surface area contributed by atoms with E-state index in [9.17, 15) is 18.0 Å². The lowest BCUT2D eigenvalue weighted by Crippen LogP contribution is -2.47. The fraction of sp³-hybridized carbons (Fsp3) is 0.938. The quantitative estimate of drug-likeness (QED) is 0.761. The molecule has 0 aliphatic carbocycles. The van der Waals surface area contributed by atoms with Crippen LogP contribution in [0.2, 0.25) is 0 Å². The molecular weight excluding hydrogens is 323 g/mol. The Bertz CT molecular complexity index is 393. The molecular formula is C16H28F3N3O2. The number of nitrogens with two attached hydrogens (primary N) is 1. The first-order valence-corrected chi connectivity index (χ1v) is 8.75. The average molecular weight is 351 g/mol. The van der Waals surface area contributed by atoms with Gasteiger partial charge in [-0.1, -0.05) is 0 Å². The van der Waals surface area contributed by atoms with Gasteiger partial charge < -0.3 is 15.8 Å². The van der Waals surface area contributed by atoms with Crippen LogP contribution in [-0.4, -0.2) is 62.4 Å². The summed E-state index contributed by atoms with van der Waals surface area (Å²) in [5.74, 6) is 0.412. The fourth-order valence-corrected chi connectivity index (χ4v) is 3.49. The molecule has 0 saturated carbocycles. The molecule has 0 spiro atoms. The van der Waals surface area contributed by atoms with Gasteiger partial charge in [0.25, 0.3) is 0 Å². The SMILES string of the molecule is NC(C(=O)NCCC1CCN(CC(F)(F)F)CC1)C1CCOCC1. The van der Waals surface area contributed by atoms with E-state index < -0.39 is 18.8 Å². The third kappa shape index (κ3) is 6.57. The predicted molar refractivity (Wildman–Crippen MR) is 84.4 cm³/mol. The molecule has 1 amide bonds. The van der Waals surface area contributed by atoms with Crippen molar-refractivity contribution in [3.8, 4) is 0 Å². The third-order valence-electron chi connectivity index (χ3n) is 5.04. The molecule has 1 unspecified atom stereocenters. The molecule has 2 rings (SSSR count). The van der Waals surface area contributed by atoms with Crippen molar-refractivity contribution in [1.82, 2.24) is 10.2 Å². The summed E-state index contributed by atoms with van der Waals surface area (Å²) in [7, 11) is 0. The first-order chi connectivity index (χ1) is 11.3. The minimum absolute atomic E-state index is 0.128. The Labute approximate surface area is 141 Å². The molecule has 2 heterocycles. The van der Waals surface area contributed by atoms with Crippen LogP contribution in [0.15, 0.2) is 0 Å². The van der Waals surface area contributed by atoms with Crippen molar-refractivity contribution in [2.45, 2.75) is 44.3 Å². The first-order valence-electron chi connectivity index (χ1n) is 8.75. The van der Waals surface area contributed by atoms with Crippen LogP contribution < -0.4 is 11.1 Å². The van der Waals surface area contributed by atoms with Gasteiger partial charge in [-0.3, -0.25) is 9.69 Å². The smallest absolute Gasteiger partial charge is 0.381 e. The molecule has 0 aromatic heterocycles. The second-order valence-corrected chi connectivity index (χ2v) is 6.89. The van der Waals surface area contributed by atoms with Crippen LogP contribution >= 0.6 is 0 Å². The number of halogens is 3. The van der Waals surface area contributed by atoms with Gasteiger partial charge in [-0.15, -0.1) is 0 Å². The Morgan fingerprint density at radius 3 is 2.42 bits per heavy atom. The van der Waals surface area contributed by atoms with Crippen molar-refractivity contribution in [2.75, 3.05) is 39.4 Å². The molecule has 2 saturated heterocycles. The van der Waals surface area contributed by atoms with Gasteiger partial charge in [0.05, 0.1) is 12.6 Å². The number of nitrogens with one attached hydrogen (secondary N) is 1. The van der Waals surface area contributed by atoms with Crippen molar-refractivity contribution >= 4 is 5.91 Å². The zero-order valence-corrected chi connectivity index (χ0v) is 14.0. The van der Waals surface area contributed by atoms with Crippen LogP contribution in [0.4, 0.5) is 13.2 Å². The third-order valence-corrected chi connectivity index (χ3v) is 5.04. The largest absolute Gasteiger partial charge is 0.401 e. The maximum absolute atomic E-state index is 12.3. The lowest BCUT2D eigenvalue weighted by Gasteiger charge is -2.32. The highest BCUT2D eigenvalue weighted by molar-refractivity contribution is 5.81. The number of nitrogens with zero attached hydrogens (tertiary/aromatic N) is 1. The fourth-order valence-electron chi connectivity index (χ4n) is 3.49. The summed E-state index contributed by atoms with van der Waals surface area (Å²) in [6, 6.07) is -0.498. The number of ether oxygens (including phenoxy) is 1. The highest BCUT2D eigenvalue weighted by Gasteiger charge is 2.32. The van der Waals surface area contributed by atoms with Crippen molar-refractivity contribution in [3.05, 3.63) is 0 Å². The van der Waals surface area contributed by atoms with Gasteiger partial charge in [0.1, 0.15) is 0 Å². The molecule has 0 aromatic carbocycles. The molecule has 2 aliphatic heterocycles. The van der Waals surface area contributed by atoms with Crippen LogP contribution in [0.1, 0.15) is 32.1 Å². The summed E-state index contributed by atoms with van der Waals surface area (Å²) in [6.45, 7) is 1.97. The second-order valence-electron chi connectivity index (χ2n) is 6.89. The summed E-state index contributed by atoms with van der Waals surface area (Å²) in [5.41, 5.74) is 6.01. The number of hydrogen-bond donors (Lipinski definition) is 2. The van der Waals surface area contributed by atoms with Crippen LogP contribution in [-0.2, 0) is 9.53 Å². The number of rotatable bonds is 6. The molecule has 1 atom stereocenters. The molecule has 140 valence electrons. The normalized spacial score (nSPS) is 23.2. The topological polar surface area (TPSA) is 67.6 Å². The Hall–Kier alpha value is -0.860. The number of carbonyl (C=O) groups excluding carboxylic acids is 1. The number of carbonyl (C=O) groups is 1. The molecule has 2 aliphatic rings. The monoisotopic (exact) mass is 351 g/mol. The minimum Gasteiger partial charge on any atom is -0.381 e. The van der Waals surface area contributed by atoms with Crippen LogP contribution in [0.3, 0.4) is 0 Å². The van der Waals surface area contributed by atoms with Crippen molar-refractivity contribution in [2.24, 2.45) is 17.6 Å². The minimum atomic E-state index is -4.12. The molecule has 0 aromatic rings. The number of likely N-dealkylation sites (tertiary alicyclic amines) is 1. The summed E-state index contributed by atoms with van der Waals surface area (Å²) in [5, 5.41) is 2.88. The van der Waals surface area contributed by atoms with E-state index in [0.29, 0.717) is 38.8 Å². The molecule has 24 heavy (non-hydrogen) atoms. The average Bonchev–Trinajstić information content (AvgIpc) is 2.55. The zero-order valence-electron chi connectivity index (χ0n) is 14.0. The Morgan fingerprint density at radius 2 is 1.83 bits per heavy atom. The van der Waals surface area contributed by atoms with E-state index in [1.54, 1.807) is 0 Å². The summed E-state index contributed by atoms with van der Waals surface area (Å²) in [6.07, 6.45) is -0.207. The van der Waals surface area contributed by atoms with Gasteiger partial charge in [-0.05, 0) is 57.0 Å². The summed E-state index contributed by atoms with van der Waals surface area (Å²) in [4.78, 5) is 13.5. The molecule has 5 nitrogen and oxygen atoms in total. The van der Waals surface area contributed by atoms with E-state index in [0.717, 1.165) is 32.1 Å². The van der Waals surface area contributed by atoms with Gasteiger partial charge in [-0.25, -0.2) is 0 Å².